The van der Waals surface area contributed by atoms with Crippen LogP contribution in [0.5, 0.6) is 5.75 Å². The van der Waals surface area contributed by atoms with Crippen molar-refractivity contribution in [2.45, 2.75) is 38.3 Å². The molecule has 0 saturated carbocycles. The van der Waals surface area contributed by atoms with Crippen molar-refractivity contribution in [3.8, 4) is 5.75 Å². The number of carbonyl (C=O) groups is 1. The number of carboxylic acids is 1. The summed E-state index contributed by atoms with van der Waals surface area (Å²) in [6, 6.07) is 6.46. The monoisotopic (exact) mass is 267 g/mol. The topological polar surface area (TPSA) is 92.8 Å². The average molecular weight is 267 g/mol. The van der Waals surface area contributed by atoms with Gasteiger partial charge in [-0.05, 0) is 30.5 Å². The molecule has 0 amide bonds. The number of carboxylic acid groups (broad SMARTS) is 1. The van der Waals surface area contributed by atoms with Crippen LogP contribution in [-0.2, 0) is 4.79 Å². The molecule has 0 heterocycles. The van der Waals surface area contributed by atoms with Crippen molar-refractivity contribution in [2.75, 3.05) is 6.61 Å². The number of nitrogens with two attached hydrogens (primary N) is 1. The van der Waals surface area contributed by atoms with Crippen LogP contribution in [0.3, 0.4) is 0 Å². The first-order valence-corrected chi connectivity index (χ1v) is 6.42. The van der Waals surface area contributed by atoms with Crippen LogP contribution in [0.1, 0.15) is 37.9 Å². The van der Waals surface area contributed by atoms with Crippen LogP contribution in [0.4, 0.5) is 0 Å². The zero-order valence-electron chi connectivity index (χ0n) is 11.1. The number of aliphatic carboxylic acids is 1. The van der Waals surface area contributed by atoms with Gasteiger partial charge in [0, 0.05) is 12.5 Å². The van der Waals surface area contributed by atoms with E-state index in [4.69, 9.17) is 15.6 Å². The molecule has 0 aliphatic rings. The van der Waals surface area contributed by atoms with E-state index >= 15 is 0 Å². The molecule has 0 spiro atoms. The Morgan fingerprint density at radius 3 is 2.53 bits per heavy atom. The van der Waals surface area contributed by atoms with Gasteiger partial charge in [0.15, 0.2) is 0 Å². The maximum Gasteiger partial charge on any atom is 0.303 e. The predicted octanol–water partition coefficient (Wildman–Crippen LogP) is 1.70. The Kier molecular flexibility index (Phi) is 6.32. The molecule has 1 aromatic rings. The molecule has 106 valence electrons. The van der Waals surface area contributed by atoms with Crippen molar-refractivity contribution in [2.24, 2.45) is 5.73 Å². The summed E-state index contributed by atoms with van der Waals surface area (Å²) in [6.07, 6.45) is 0.268. The largest absolute Gasteiger partial charge is 0.494 e. The Bertz CT molecular complexity index is 391. The Balaban J connectivity index is 2.56. The first-order chi connectivity index (χ1) is 9.04. The minimum Gasteiger partial charge on any atom is -0.494 e. The first kappa shape index (κ1) is 15.5. The van der Waals surface area contributed by atoms with Crippen molar-refractivity contribution in [1.29, 1.82) is 0 Å². The Labute approximate surface area is 113 Å². The second kappa shape index (κ2) is 7.76. The number of hydrogen-bond donors (Lipinski definition) is 3. The fraction of sp³-hybridized carbons (Fsp3) is 0.500. The second-order valence-corrected chi connectivity index (χ2v) is 4.46. The maximum atomic E-state index is 10.5. The van der Waals surface area contributed by atoms with Gasteiger partial charge in [0.25, 0.3) is 0 Å². The van der Waals surface area contributed by atoms with Crippen LogP contribution >= 0.6 is 0 Å². The molecule has 2 unspecified atom stereocenters. The summed E-state index contributed by atoms with van der Waals surface area (Å²) >= 11 is 0. The van der Waals surface area contributed by atoms with Gasteiger partial charge < -0.3 is 20.7 Å². The average Bonchev–Trinajstić information content (AvgIpc) is 2.42. The van der Waals surface area contributed by atoms with Crippen LogP contribution in [0, 0.1) is 0 Å². The van der Waals surface area contributed by atoms with Crippen LogP contribution in [0.25, 0.3) is 0 Å². The number of ether oxygens (including phenoxy) is 1. The van der Waals surface area contributed by atoms with Crippen molar-refractivity contribution in [1.82, 2.24) is 0 Å². The van der Waals surface area contributed by atoms with E-state index in [0.717, 1.165) is 12.2 Å². The van der Waals surface area contributed by atoms with Gasteiger partial charge in [-0.1, -0.05) is 19.1 Å². The van der Waals surface area contributed by atoms with E-state index in [1.807, 2.05) is 6.92 Å². The maximum absolute atomic E-state index is 10.5. The van der Waals surface area contributed by atoms with E-state index in [1.165, 1.54) is 0 Å². The number of hydrogen-bond acceptors (Lipinski definition) is 4. The van der Waals surface area contributed by atoms with Gasteiger partial charge in [-0.2, -0.15) is 0 Å². The van der Waals surface area contributed by atoms with Gasteiger partial charge in [-0.25, -0.2) is 0 Å². The summed E-state index contributed by atoms with van der Waals surface area (Å²) in [6.45, 7) is 2.68. The lowest BCUT2D eigenvalue weighted by molar-refractivity contribution is -0.137. The van der Waals surface area contributed by atoms with Crippen LogP contribution in [-0.4, -0.2) is 28.8 Å². The molecular formula is C14H21NO4. The van der Waals surface area contributed by atoms with Crippen molar-refractivity contribution in [3.63, 3.8) is 0 Å². The lowest BCUT2D eigenvalue weighted by atomic mass is 9.99. The molecule has 0 fully saturated rings. The Hall–Kier alpha value is -1.59. The summed E-state index contributed by atoms with van der Waals surface area (Å²) in [7, 11) is 0. The molecule has 0 radical (unpaired) electrons. The highest BCUT2D eigenvalue weighted by molar-refractivity contribution is 5.66. The highest BCUT2D eigenvalue weighted by Crippen LogP contribution is 2.21. The molecule has 2 atom stereocenters. The summed E-state index contributed by atoms with van der Waals surface area (Å²) in [4.78, 5) is 10.5. The third kappa shape index (κ3) is 5.28. The minimum atomic E-state index is -0.911. The highest BCUT2D eigenvalue weighted by Gasteiger charge is 2.17. The van der Waals surface area contributed by atoms with Crippen molar-refractivity contribution < 1.29 is 19.7 Å². The fourth-order valence-corrected chi connectivity index (χ4v) is 1.68. The smallest absolute Gasteiger partial charge is 0.303 e. The Morgan fingerprint density at radius 1 is 1.37 bits per heavy atom. The molecule has 0 aliphatic heterocycles. The second-order valence-electron chi connectivity index (χ2n) is 4.46. The zero-order chi connectivity index (χ0) is 14.3. The molecule has 0 bridgehead atoms. The van der Waals surface area contributed by atoms with E-state index in [9.17, 15) is 9.90 Å². The molecule has 19 heavy (non-hydrogen) atoms. The molecule has 5 nitrogen and oxygen atoms in total. The SMILES string of the molecule is CCCOc1ccc(C(O)C(N)CCC(=O)O)cc1. The highest BCUT2D eigenvalue weighted by atomic mass is 16.5. The quantitative estimate of drug-likeness (QED) is 0.666. The number of aliphatic hydroxyl groups excluding tert-OH is 1. The van der Waals surface area contributed by atoms with Crippen LogP contribution in [0.2, 0.25) is 0 Å². The van der Waals surface area contributed by atoms with Crippen LogP contribution < -0.4 is 10.5 Å². The standard InChI is InChI=1S/C14H21NO4/c1-2-9-19-11-5-3-10(4-6-11)14(18)12(15)7-8-13(16)17/h3-6,12,14,18H,2,7-9,15H2,1H3,(H,16,17). The summed E-state index contributed by atoms with van der Waals surface area (Å²) in [5.74, 6) is -0.164. The van der Waals surface area contributed by atoms with Gasteiger partial charge in [-0.3, -0.25) is 4.79 Å². The molecule has 0 aromatic heterocycles. The lowest BCUT2D eigenvalue weighted by Gasteiger charge is -2.18. The molecule has 4 N–H and O–H groups in total. The molecule has 0 saturated heterocycles. The van der Waals surface area contributed by atoms with Gasteiger partial charge in [0.2, 0.25) is 0 Å². The molecule has 1 rings (SSSR count). The zero-order valence-corrected chi connectivity index (χ0v) is 11.1. The number of aliphatic hydroxyl groups is 1. The van der Waals surface area contributed by atoms with Crippen molar-refractivity contribution >= 4 is 5.97 Å². The number of rotatable bonds is 8. The van der Waals surface area contributed by atoms with E-state index in [0.29, 0.717) is 12.2 Å². The fourth-order valence-electron chi connectivity index (χ4n) is 1.68. The summed E-state index contributed by atoms with van der Waals surface area (Å²) in [5.41, 5.74) is 6.44. The van der Waals surface area contributed by atoms with Crippen molar-refractivity contribution in [3.05, 3.63) is 29.8 Å². The first-order valence-electron chi connectivity index (χ1n) is 6.42. The van der Waals surface area contributed by atoms with Gasteiger partial charge in [-0.15, -0.1) is 0 Å². The lowest BCUT2D eigenvalue weighted by Crippen LogP contribution is -2.29. The number of benzene rings is 1. The molecular weight excluding hydrogens is 246 g/mol. The van der Waals surface area contributed by atoms with Gasteiger partial charge in [0.05, 0.1) is 12.7 Å². The summed E-state index contributed by atoms with van der Waals surface area (Å²) < 4.78 is 5.44. The predicted molar refractivity (Wildman–Crippen MR) is 72.0 cm³/mol. The molecule has 1 aromatic carbocycles. The molecule has 5 heteroatoms. The van der Waals surface area contributed by atoms with E-state index < -0.39 is 18.1 Å². The van der Waals surface area contributed by atoms with Crippen LogP contribution in [0.15, 0.2) is 24.3 Å². The third-order valence-corrected chi connectivity index (χ3v) is 2.79. The van der Waals surface area contributed by atoms with Gasteiger partial charge >= 0.3 is 5.97 Å². The third-order valence-electron chi connectivity index (χ3n) is 2.79. The minimum absolute atomic E-state index is 0.0457. The van der Waals surface area contributed by atoms with E-state index in [2.05, 4.69) is 0 Å². The normalized spacial score (nSPS) is 13.8. The summed E-state index contributed by atoms with van der Waals surface area (Å²) in [5, 5.41) is 18.6. The Morgan fingerprint density at radius 2 is 2.00 bits per heavy atom. The van der Waals surface area contributed by atoms with E-state index in [1.54, 1.807) is 24.3 Å². The molecule has 0 aliphatic carbocycles. The van der Waals surface area contributed by atoms with Gasteiger partial charge in [0.1, 0.15) is 5.75 Å². The van der Waals surface area contributed by atoms with E-state index in [-0.39, 0.29) is 12.8 Å².